The van der Waals surface area contributed by atoms with Crippen molar-refractivity contribution in [1.29, 1.82) is 0 Å². The van der Waals surface area contributed by atoms with Gasteiger partial charge in [0.2, 0.25) is 0 Å². The van der Waals surface area contributed by atoms with Crippen LogP contribution in [0, 0.1) is 0 Å². The zero-order chi connectivity index (χ0) is 7.78. The van der Waals surface area contributed by atoms with Gasteiger partial charge in [-0.1, -0.05) is 0 Å². The van der Waals surface area contributed by atoms with E-state index in [1.54, 1.807) is 10.9 Å². The van der Waals surface area contributed by atoms with Crippen molar-refractivity contribution in [2.75, 3.05) is 0 Å². The number of carbonyl (C=O) groups excluding carboxylic acids is 1. The molecule has 1 saturated heterocycles. The number of ether oxygens (including phenoxy) is 1. The van der Waals surface area contributed by atoms with Crippen LogP contribution in [0.15, 0.2) is 0 Å². The molecule has 1 aliphatic rings. The van der Waals surface area contributed by atoms with Crippen LogP contribution >= 0.6 is 0 Å². The zero-order valence-corrected chi connectivity index (χ0v) is 4.53. The molecule has 7 heteroatoms. The molecule has 0 aromatic carbocycles. The van der Waals surface area contributed by atoms with Crippen LogP contribution in [0.25, 0.3) is 0 Å². The molecule has 0 aliphatic carbocycles. The molecule has 0 saturated carbocycles. The quantitative estimate of drug-likeness (QED) is 0.523. The van der Waals surface area contributed by atoms with Gasteiger partial charge >= 0.3 is 12.3 Å². The van der Waals surface area contributed by atoms with E-state index >= 15 is 0 Å². The maximum absolute atomic E-state index is 11.6. The first-order valence-electron chi connectivity index (χ1n) is 2.29. The summed E-state index contributed by atoms with van der Waals surface area (Å²) in [6, 6.07) is 0. The second kappa shape index (κ2) is 2.01. The number of nitrogens with one attached hydrogen (secondary N) is 2. The zero-order valence-electron chi connectivity index (χ0n) is 4.53. The summed E-state index contributed by atoms with van der Waals surface area (Å²) in [7, 11) is 0. The summed E-state index contributed by atoms with van der Waals surface area (Å²) in [5.41, 5.74) is 3.24. The molecule has 10 heavy (non-hydrogen) atoms. The topological polar surface area (TPSA) is 50.4 Å². The first kappa shape index (κ1) is 7.13. The number of rotatable bonds is 0. The van der Waals surface area contributed by atoms with Crippen LogP contribution in [0.3, 0.4) is 0 Å². The third-order valence-corrected chi connectivity index (χ3v) is 0.828. The van der Waals surface area contributed by atoms with Crippen LogP contribution in [0.2, 0.25) is 0 Å². The molecule has 58 valence electrons. The monoisotopic (exact) mass is 156 g/mol. The molecule has 1 rings (SSSR count). The number of hydrazine groups is 1. The lowest BCUT2D eigenvalue weighted by atomic mass is 10.6. The van der Waals surface area contributed by atoms with E-state index in [0.717, 1.165) is 0 Å². The summed E-state index contributed by atoms with van der Waals surface area (Å²) in [4.78, 5) is 10.0. The van der Waals surface area contributed by atoms with E-state index < -0.39 is 18.5 Å². The minimum Gasteiger partial charge on any atom is -0.418 e. The molecule has 1 amide bonds. The van der Waals surface area contributed by atoms with E-state index in [1.165, 1.54) is 0 Å². The molecule has 1 heterocycles. The molecule has 2 N–H and O–H groups in total. The molecular formula is C3H3F3N2O2. The number of hydrogen-bond acceptors (Lipinski definition) is 3. The summed E-state index contributed by atoms with van der Waals surface area (Å²) in [5.74, 6) is 0. The second-order valence-corrected chi connectivity index (χ2v) is 1.60. The van der Waals surface area contributed by atoms with Crippen molar-refractivity contribution in [2.45, 2.75) is 12.4 Å². The Balaban J connectivity index is 2.53. The van der Waals surface area contributed by atoms with Gasteiger partial charge in [0.25, 0.3) is 6.23 Å². The van der Waals surface area contributed by atoms with Crippen molar-refractivity contribution in [1.82, 2.24) is 10.9 Å². The fourth-order valence-corrected chi connectivity index (χ4v) is 0.439. The van der Waals surface area contributed by atoms with Gasteiger partial charge in [-0.2, -0.15) is 18.6 Å². The average Bonchev–Trinajstić information content (AvgIpc) is 2.11. The van der Waals surface area contributed by atoms with E-state index in [0.29, 0.717) is 0 Å². The van der Waals surface area contributed by atoms with Crippen molar-refractivity contribution < 1.29 is 22.7 Å². The molecular weight excluding hydrogens is 153 g/mol. The Morgan fingerprint density at radius 3 is 2.30 bits per heavy atom. The fourth-order valence-electron chi connectivity index (χ4n) is 0.439. The van der Waals surface area contributed by atoms with Crippen molar-refractivity contribution in [3.05, 3.63) is 0 Å². The highest BCUT2D eigenvalue weighted by Crippen LogP contribution is 2.22. The predicted molar refractivity (Wildman–Crippen MR) is 22.6 cm³/mol. The Morgan fingerprint density at radius 2 is 2.10 bits per heavy atom. The molecule has 0 radical (unpaired) electrons. The molecule has 1 aliphatic heterocycles. The first-order valence-corrected chi connectivity index (χ1v) is 2.29. The molecule has 0 bridgehead atoms. The number of amides is 1. The van der Waals surface area contributed by atoms with Gasteiger partial charge in [-0.25, -0.2) is 4.79 Å². The largest absolute Gasteiger partial charge is 0.441 e. The second-order valence-electron chi connectivity index (χ2n) is 1.60. The van der Waals surface area contributed by atoms with Crippen LogP contribution < -0.4 is 10.9 Å². The van der Waals surface area contributed by atoms with Gasteiger partial charge < -0.3 is 4.74 Å². The summed E-state index contributed by atoms with van der Waals surface area (Å²) >= 11 is 0. The summed E-state index contributed by atoms with van der Waals surface area (Å²) in [5, 5.41) is 0. The van der Waals surface area contributed by atoms with Gasteiger partial charge in [0.1, 0.15) is 0 Å². The molecule has 4 nitrogen and oxygen atoms in total. The Kier molecular flexibility index (Phi) is 1.43. The van der Waals surface area contributed by atoms with Gasteiger partial charge in [0.15, 0.2) is 0 Å². The van der Waals surface area contributed by atoms with Gasteiger partial charge in [-0.05, 0) is 0 Å². The standard InChI is InChI=1S/C3H3F3N2O2/c4-3(5,6)1-7-8-2(9)10-1/h1,7H,(H,8,9). The highest BCUT2D eigenvalue weighted by Gasteiger charge is 2.46. The number of cyclic esters (lactones) is 1. The first-order chi connectivity index (χ1) is 4.50. The summed E-state index contributed by atoms with van der Waals surface area (Å²) in [6.07, 6.45) is -7.90. The fraction of sp³-hybridized carbons (Fsp3) is 0.667. The van der Waals surface area contributed by atoms with Crippen molar-refractivity contribution in [3.63, 3.8) is 0 Å². The minimum atomic E-state index is -4.56. The molecule has 1 fully saturated rings. The highest BCUT2D eigenvalue weighted by molar-refractivity contribution is 5.68. The van der Waals surface area contributed by atoms with E-state index in [1.807, 2.05) is 0 Å². The van der Waals surface area contributed by atoms with Crippen LogP contribution in [-0.2, 0) is 4.74 Å². The summed E-state index contributed by atoms with van der Waals surface area (Å²) < 4.78 is 38.4. The van der Waals surface area contributed by atoms with Gasteiger partial charge in [0.05, 0.1) is 0 Å². The van der Waals surface area contributed by atoms with Gasteiger partial charge in [-0.15, -0.1) is 0 Å². The van der Waals surface area contributed by atoms with Crippen molar-refractivity contribution >= 4 is 6.09 Å². The van der Waals surface area contributed by atoms with Crippen LogP contribution in [0.1, 0.15) is 0 Å². The Hall–Kier alpha value is -0.980. The van der Waals surface area contributed by atoms with Crippen molar-refractivity contribution in [3.8, 4) is 0 Å². The highest BCUT2D eigenvalue weighted by atomic mass is 19.4. The smallest absolute Gasteiger partial charge is 0.418 e. The minimum absolute atomic E-state index is 1.12. The number of alkyl halides is 3. The van der Waals surface area contributed by atoms with E-state index in [2.05, 4.69) is 4.74 Å². The predicted octanol–water partition coefficient (Wildman–Crippen LogP) is 0.119. The maximum atomic E-state index is 11.6. The van der Waals surface area contributed by atoms with Crippen LogP contribution in [-0.4, -0.2) is 18.5 Å². The lowest BCUT2D eigenvalue weighted by Gasteiger charge is -2.10. The van der Waals surface area contributed by atoms with E-state index in [-0.39, 0.29) is 0 Å². The Morgan fingerprint density at radius 1 is 1.50 bits per heavy atom. The molecule has 0 aromatic heterocycles. The third-order valence-electron chi connectivity index (χ3n) is 0.828. The molecule has 1 atom stereocenters. The van der Waals surface area contributed by atoms with Gasteiger partial charge in [0, 0.05) is 0 Å². The summed E-state index contributed by atoms with van der Waals surface area (Å²) in [6.45, 7) is 0. The number of carbonyl (C=O) groups is 1. The van der Waals surface area contributed by atoms with Crippen LogP contribution in [0.5, 0.6) is 0 Å². The molecule has 1 unspecified atom stereocenters. The van der Waals surface area contributed by atoms with Crippen LogP contribution in [0.4, 0.5) is 18.0 Å². The molecule has 0 spiro atoms. The number of halogens is 3. The normalized spacial score (nSPS) is 25.9. The lowest BCUT2D eigenvalue weighted by molar-refractivity contribution is -0.202. The van der Waals surface area contributed by atoms with Gasteiger partial charge in [-0.3, -0.25) is 5.43 Å². The lowest BCUT2D eigenvalue weighted by Crippen LogP contribution is -2.41. The average molecular weight is 156 g/mol. The maximum Gasteiger partial charge on any atom is 0.441 e. The SMILES string of the molecule is O=C1NNC(C(F)(F)F)O1. The Labute approximate surface area is 53.3 Å². The van der Waals surface area contributed by atoms with Crippen molar-refractivity contribution in [2.24, 2.45) is 0 Å². The van der Waals surface area contributed by atoms with E-state index in [4.69, 9.17) is 0 Å². The number of hydrogen-bond donors (Lipinski definition) is 2. The Bertz CT molecular complexity index is 156. The third kappa shape index (κ3) is 1.29. The molecule has 0 aromatic rings. The van der Waals surface area contributed by atoms with E-state index in [9.17, 15) is 18.0 Å².